The summed E-state index contributed by atoms with van der Waals surface area (Å²) in [4.78, 5) is 25.9. The van der Waals surface area contributed by atoms with Gasteiger partial charge in [0.15, 0.2) is 0 Å². The molecule has 1 aliphatic carbocycles. The van der Waals surface area contributed by atoms with Crippen LogP contribution in [0.5, 0.6) is 0 Å². The van der Waals surface area contributed by atoms with Crippen LogP contribution < -0.4 is 5.32 Å². The van der Waals surface area contributed by atoms with Crippen molar-refractivity contribution in [2.75, 3.05) is 6.54 Å². The van der Waals surface area contributed by atoms with Gasteiger partial charge in [-0.25, -0.2) is 0 Å². The lowest BCUT2D eigenvalue weighted by molar-refractivity contribution is -0.139. The van der Waals surface area contributed by atoms with Gasteiger partial charge in [-0.15, -0.1) is 0 Å². The molecule has 94 valence electrons. The van der Waals surface area contributed by atoms with Crippen LogP contribution in [0.3, 0.4) is 0 Å². The first-order valence-electron chi connectivity index (χ1n) is 6.28. The third kappa shape index (κ3) is 2.51. The van der Waals surface area contributed by atoms with Crippen LogP contribution >= 0.6 is 0 Å². The topological polar surface area (TPSA) is 49.4 Å². The number of carbonyl (C=O) groups is 2. The zero-order chi connectivity index (χ0) is 12.5. The molecule has 17 heavy (non-hydrogen) atoms. The van der Waals surface area contributed by atoms with Crippen LogP contribution in [0, 0.1) is 0 Å². The molecule has 2 aliphatic rings. The van der Waals surface area contributed by atoms with Gasteiger partial charge in [-0.3, -0.25) is 9.59 Å². The number of hydrogen-bond donors (Lipinski definition) is 1. The molecule has 0 aromatic heterocycles. The Balaban J connectivity index is 2.18. The summed E-state index contributed by atoms with van der Waals surface area (Å²) >= 11 is 0. The molecular formula is C13H20N2O2. The lowest BCUT2D eigenvalue weighted by Gasteiger charge is -2.35. The van der Waals surface area contributed by atoms with Crippen molar-refractivity contribution in [2.24, 2.45) is 0 Å². The molecule has 1 atom stereocenters. The zero-order valence-electron chi connectivity index (χ0n) is 10.5. The van der Waals surface area contributed by atoms with Crippen LogP contribution in [-0.4, -0.2) is 34.8 Å². The summed E-state index contributed by atoms with van der Waals surface area (Å²) in [5, 5.41) is 2.79. The molecule has 1 heterocycles. The number of nitrogens with zero attached hydrogens (tertiary/aromatic N) is 1. The average molecular weight is 236 g/mol. The molecule has 0 aromatic carbocycles. The van der Waals surface area contributed by atoms with Gasteiger partial charge < -0.3 is 10.2 Å². The Bertz CT molecular complexity index is 360. The fourth-order valence-corrected chi connectivity index (χ4v) is 2.56. The number of allylic oxidation sites excluding steroid dienone is 1. The van der Waals surface area contributed by atoms with Crippen molar-refractivity contribution in [2.45, 2.75) is 51.1 Å². The van der Waals surface area contributed by atoms with Crippen LogP contribution in [0.1, 0.15) is 39.5 Å². The summed E-state index contributed by atoms with van der Waals surface area (Å²) in [6.07, 6.45) is 7.65. The molecule has 1 fully saturated rings. The summed E-state index contributed by atoms with van der Waals surface area (Å²) < 4.78 is 0. The Morgan fingerprint density at radius 2 is 2.12 bits per heavy atom. The molecule has 2 rings (SSSR count). The first-order chi connectivity index (χ1) is 8.00. The lowest BCUT2D eigenvalue weighted by atomic mass is 9.97. The fourth-order valence-electron chi connectivity index (χ4n) is 2.56. The molecule has 1 N–H and O–H groups in total. The minimum atomic E-state index is -0.769. The number of amides is 2. The van der Waals surface area contributed by atoms with Crippen molar-refractivity contribution < 1.29 is 9.59 Å². The van der Waals surface area contributed by atoms with E-state index in [2.05, 4.69) is 17.5 Å². The second-order valence-corrected chi connectivity index (χ2v) is 5.36. The lowest BCUT2D eigenvalue weighted by Crippen LogP contribution is -2.55. The largest absolute Gasteiger partial charge is 0.342 e. The van der Waals surface area contributed by atoms with E-state index in [4.69, 9.17) is 0 Å². The maximum atomic E-state index is 12.4. The second-order valence-electron chi connectivity index (χ2n) is 5.36. The van der Waals surface area contributed by atoms with Crippen LogP contribution in [0.4, 0.5) is 0 Å². The standard InChI is InChI=1S/C13H20N2O2/c1-13(2)12(17)15(9-8-11(16)14-13)10-6-4-3-5-7-10/h3-4,10H,5-9H2,1-2H3,(H,14,16). The Morgan fingerprint density at radius 3 is 2.76 bits per heavy atom. The smallest absolute Gasteiger partial charge is 0.248 e. The summed E-state index contributed by atoms with van der Waals surface area (Å²) in [5.41, 5.74) is -0.769. The van der Waals surface area contributed by atoms with Gasteiger partial charge in [-0.1, -0.05) is 12.2 Å². The predicted molar refractivity (Wildman–Crippen MR) is 65.3 cm³/mol. The van der Waals surface area contributed by atoms with Gasteiger partial charge in [0.05, 0.1) is 0 Å². The molecule has 4 nitrogen and oxygen atoms in total. The normalized spacial score (nSPS) is 28.8. The van der Waals surface area contributed by atoms with Gasteiger partial charge in [0.25, 0.3) is 0 Å². The van der Waals surface area contributed by atoms with Crippen molar-refractivity contribution in [3.63, 3.8) is 0 Å². The molecule has 0 spiro atoms. The maximum Gasteiger partial charge on any atom is 0.248 e. The van der Waals surface area contributed by atoms with Gasteiger partial charge in [-0.05, 0) is 33.1 Å². The van der Waals surface area contributed by atoms with Crippen molar-refractivity contribution in [3.05, 3.63) is 12.2 Å². The summed E-state index contributed by atoms with van der Waals surface area (Å²) in [5.74, 6) is 0.0147. The maximum absolute atomic E-state index is 12.4. The molecule has 1 saturated heterocycles. The summed E-state index contributed by atoms with van der Waals surface area (Å²) in [6.45, 7) is 4.11. The second kappa shape index (κ2) is 4.51. The Kier molecular flexibility index (Phi) is 3.22. The molecule has 4 heteroatoms. The van der Waals surface area contributed by atoms with Gasteiger partial charge in [-0.2, -0.15) is 0 Å². The zero-order valence-corrected chi connectivity index (χ0v) is 10.5. The Morgan fingerprint density at radius 1 is 1.35 bits per heavy atom. The first-order valence-corrected chi connectivity index (χ1v) is 6.28. The number of carbonyl (C=O) groups excluding carboxylic acids is 2. The highest BCUT2D eigenvalue weighted by molar-refractivity contribution is 5.93. The third-order valence-corrected chi connectivity index (χ3v) is 3.51. The molecule has 2 amide bonds. The highest BCUT2D eigenvalue weighted by Crippen LogP contribution is 2.22. The van der Waals surface area contributed by atoms with Crippen molar-refractivity contribution in [1.82, 2.24) is 10.2 Å². The van der Waals surface area contributed by atoms with Crippen LogP contribution in [0.25, 0.3) is 0 Å². The monoisotopic (exact) mass is 236 g/mol. The highest BCUT2D eigenvalue weighted by atomic mass is 16.2. The fraction of sp³-hybridized carbons (Fsp3) is 0.692. The van der Waals surface area contributed by atoms with E-state index in [-0.39, 0.29) is 17.9 Å². The van der Waals surface area contributed by atoms with Crippen LogP contribution in [0.2, 0.25) is 0 Å². The molecule has 1 aliphatic heterocycles. The van der Waals surface area contributed by atoms with E-state index in [0.717, 1.165) is 19.3 Å². The molecule has 0 bridgehead atoms. The number of rotatable bonds is 1. The van der Waals surface area contributed by atoms with E-state index in [1.54, 1.807) is 13.8 Å². The van der Waals surface area contributed by atoms with E-state index >= 15 is 0 Å². The molecule has 0 aromatic rings. The summed E-state index contributed by atoms with van der Waals surface area (Å²) in [6, 6.07) is 0.263. The number of nitrogens with one attached hydrogen (secondary N) is 1. The molecule has 0 saturated carbocycles. The van der Waals surface area contributed by atoms with E-state index in [1.807, 2.05) is 4.90 Å². The van der Waals surface area contributed by atoms with Gasteiger partial charge in [0.1, 0.15) is 5.54 Å². The van der Waals surface area contributed by atoms with Gasteiger partial charge in [0.2, 0.25) is 11.8 Å². The van der Waals surface area contributed by atoms with Gasteiger partial charge >= 0.3 is 0 Å². The van der Waals surface area contributed by atoms with E-state index in [9.17, 15) is 9.59 Å². The first kappa shape index (κ1) is 12.1. The molecular weight excluding hydrogens is 216 g/mol. The predicted octanol–water partition coefficient (Wildman–Crippen LogP) is 1.22. The Labute approximate surface area is 102 Å². The minimum Gasteiger partial charge on any atom is -0.342 e. The van der Waals surface area contributed by atoms with Gasteiger partial charge in [0, 0.05) is 19.0 Å². The van der Waals surface area contributed by atoms with E-state index < -0.39 is 5.54 Å². The van der Waals surface area contributed by atoms with E-state index in [0.29, 0.717) is 13.0 Å². The number of hydrogen-bond acceptors (Lipinski definition) is 2. The Hall–Kier alpha value is -1.32. The molecule has 0 radical (unpaired) electrons. The SMILES string of the molecule is CC1(C)NC(=O)CCN(C2CC=CCC2)C1=O. The van der Waals surface area contributed by atoms with Crippen LogP contribution in [-0.2, 0) is 9.59 Å². The average Bonchev–Trinajstić information content (AvgIpc) is 2.38. The summed E-state index contributed by atoms with van der Waals surface area (Å²) in [7, 11) is 0. The molecule has 1 unspecified atom stereocenters. The van der Waals surface area contributed by atoms with Crippen molar-refractivity contribution >= 4 is 11.8 Å². The highest BCUT2D eigenvalue weighted by Gasteiger charge is 2.38. The van der Waals surface area contributed by atoms with Crippen molar-refractivity contribution in [1.29, 1.82) is 0 Å². The third-order valence-electron chi connectivity index (χ3n) is 3.51. The quantitative estimate of drug-likeness (QED) is 0.696. The minimum absolute atomic E-state index is 0.0304. The van der Waals surface area contributed by atoms with E-state index in [1.165, 1.54) is 0 Å². The van der Waals surface area contributed by atoms with Crippen LogP contribution in [0.15, 0.2) is 12.2 Å². The van der Waals surface area contributed by atoms with Crippen molar-refractivity contribution in [3.8, 4) is 0 Å².